The molecule has 3 rings (SSSR count). The maximum absolute atomic E-state index is 10.9. The zero-order chi connectivity index (χ0) is 19.6. The van der Waals surface area contributed by atoms with Crippen LogP contribution in [0.1, 0.15) is 17.1 Å². The van der Waals surface area contributed by atoms with Gasteiger partial charge in [-0.15, -0.1) is 11.3 Å². The molecule has 0 atom stereocenters. The number of non-ortho nitro benzene ring substituents is 1. The Morgan fingerprint density at radius 2 is 2.11 bits per heavy atom. The number of nitrogens with zero attached hydrogens (tertiary/aromatic N) is 2. The molecule has 10 heteroatoms. The molecule has 0 aliphatic carbocycles. The summed E-state index contributed by atoms with van der Waals surface area (Å²) in [4.78, 5) is 21.7. The van der Waals surface area contributed by atoms with Gasteiger partial charge in [0, 0.05) is 30.7 Å². The molecular weight excluding hydrogens is 392 g/mol. The van der Waals surface area contributed by atoms with Gasteiger partial charge >= 0.3 is 5.97 Å². The summed E-state index contributed by atoms with van der Waals surface area (Å²) in [6, 6.07) is 9.53. The lowest BCUT2D eigenvalue weighted by molar-refractivity contribution is -0.384. The highest BCUT2D eigenvalue weighted by atomic mass is 32.1. The van der Waals surface area contributed by atoms with Crippen LogP contribution in [0.4, 0.5) is 5.69 Å². The molecule has 0 aliphatic heterocycles. The highest BCUT2D eigenvalue weighted by Crippen LogP contribution is 2.31. The van der Waals surface area contributed by atoms with Gasteiger partial charge in [0.1, 0.15) is 11.5 Å². The molecule has 0 aliphatic rings. The lowest BCUT2D eigenvalue weighted by Crippen LogP contribution is -2.04. The van der Waals surface area contributed by atoms with Gasteiger partial charge in [0.25, 0.3) is 5.69 Å². The smallest absolute Gasteiger partial charge is 0.305 e. The molecule has 8 nitrogen and oxygen atoms in total. The van der Waals surface area contributed by atoms with E-state index in [2.05, 4.69) is 0 Å². The van der Waals surface area contributed by atoms with Gasteiger partial charge in [-0.05, 0) is 24.4 Å². The highest BCUT2D eigenvalue weighted by Gasteiger charge is 2.16. The molecule has 0 radical (unpaired) electrons. The maximum atomic E-state index is 10.9. The normalized spacial score (nSPS) is 10.8. The van der Waals surface area contributed by atoms with E-state index in [0.717, 1.165) is 0 Å². The number of carboxylic acid groups (broad SMARTS) is 1. The van der Waals surface area contributed by atoms with Gasteiger partial charge < -0.3 is 14.6 Å². The van der Waals surface area contributed by atoms with Crippen molar-refractivity contribution in [1.82, 2.24) is 4.57 Å². The van der Waals surface area contributed by atoms with Crippen molar-refractivity contribution in [3.63, 3.8) is 0 Å². The van der Waals surface area contributed by atoms with Crippen molar-refractivity contribution in [2.75, 3.05) is 0 Å². The number of carboxylic acids is 1. The molecule has 27 heavy (non-hydrogen) atoms. The van der Waals surface area contributed by atoms with Crippen LogP contribution in [0.25, 0.3) is 11.3 Å². The Bertz CT molecular complexity index is 1070. The summed E-state index contributed by atoms with van der Waals surface area (Å²) in [7, 11) is 0. The summed E-state index contributed by atoms with van der Waals surface area (Å²) < 4.78 is 7.51. The topological polar surface area (TPSA) is 119 Å². The number of furan rings is 1. The second kappa shape index (κ2) is 7.72. The van der Waals surface area contributed by atoms with E-state index in [1.807, 2.05) is 0 Å². The Balaban J connectivity index is 1.81. The fraction of sp³-hybridized carbons (Fsp3) is 0.176. The van der Waals surface area contributed by atoms with Gasteiger partial charge in [-0.25, -0.2) is 0 Å². The van der Waals surface area contributed by atoms with Crippen molar-refractivity contribution in [2.45, 2.75) is 19.4 Å². The summed E-state index contributed by atoms with van der Waals surface area (Å²) in [5, 5.41) is 30.0. The van der Waals surface area contributed by atoms with Gasteiger partial charge in [0.15, 0.2) is 3.95 Å². The molecule has 0 fully saturated rings. The highest BCUT2D eigenvalue weighted by molar-refractivity contribution is 7.73. The van der Waals surface area contributed by atoms with E-state index in [0.29, 0.717) is 25.9 Å². The van der Waals surface area contributed by atoms with Gasteiger partial charge in [-0.3, -0.25) is 19.5 Å². The van der Waals surface area contributed by atoms with Crippen molar-refractivity contribution in [2.24, 2.45) is 0 Å². The summed E-state index contributed by atoms with van der Waals surface area (Å²) >= 11 is 6.37. The zero-order valence-corrected chi connectivity index (χ0v) is 15.5. The predicted octanol–water partition coefficient (Wildman–Crippen LogP) is 4.22. The molecule has 2 N–H and O–H groups in total. The summed E-state index contributed by atoms with van der Waals surface area (Å²) in [6.45, 7) is 0.0909. The minimum atomic E-state index is -0.975. The number of rotatable bonds is 7. The standard InChI is InChI=1S/C17H14N2O6S2/c20-15(21)6-7-18-16(22)14(27-17(18)26)9-12-4-5-13(25-12)10-2-1-3-11(8-10)19(23)24/h1-5,8,22H,6-7,9H2,(H,20,21). The average Bonchev–Trinajstić information content (AvgIpc) is 3.19. The Kier molecular flexibility index (Phi) is 5.38. The molecule has 0 amide bonds. The van der Waals surface area contributed by atoms with Crippen LogP contribution in [0.5, 0.6) is 5.88 Å². The number of hydrogen-bond donors (Lipinski definition) is 2. The van der Waals surface area contributed by atoms with E-state index in [-0.39, 0.29) is 31.0 Å². The average molecular weight is 406 g/mol. The largest absolute Gasteiger partial charge is 0.494 e. The first-order valence-corrected chi connectivity index (χ1v) is 9.04. The number of aromatic hydroxyl groups is 1. The van der Waals surface area contributed by atoms with Crippen molar-refractivity contribution < 1.29 is 24.3 Å². The number of thiazole rings is 1. The van der Waals surface area contributed by atoms with Crippen LogP contribution in [0.15, 0.2) is 40.8 Å². The third kappa shape index (κ3) is 4.23. The molecule has 140 valence electrons. The minimum Gasteiger partial charge on any atom is -0.494 e. The molecule has 0 unspecified atom stereocenters. The summed E-state index contributed by atoms with van der Waals surface area (Å²) in [5.41, 5.74) is 0.544. The molecular formula is C17H14N2O6S2. The van der Waals surface area contributed by atoms with E-state index in [1.54, 1.807) is 24.3 Å². The number of hydrogen-bond acceptors (Lipinski definition) is 7. The Hall–Kier alpha value is -2.98. The monoisotopic (exact) mass is 406 g/mol. The summed E-state index contributed by atoms with van der Waals surface area (Å²) in [6.07, 6.45) is 0.130. The third-order valence-corrected chi connectivity index (χ3v) is 5.26. The number of aliphatic carboxylic acids is 1. The van der Waals surface area contributed by atoms with Crippen LogP contribution in [-0.2, 0) is 17.8 Å². The number of carbonyl (C=O) groups is 1. The van der Waals surface area contributed by atoms with E-state index in [9.17, 15) is 20.0 Å². The molecule has 2 aromatic heterocycles. The fourth-order valence-electron chi connectivity index (χ4n) is 2.52. The van der Waals surface area contributed by atoms with Crippen LogP contribution in [0.3, 0.4) is 0 Å². The lowest BCUT2D eigenvalue weighted by Gasteiger charge is -2.02. The quantitative estimate of drug-likeness (QED) is 0.342. The number of nitro benzene ring substituents is 1. The van der Waals surface area contributed by atoms with E-state index in [1.165, 1.54) is 28.0 Å². The molecule has 2 heterocycles. The van der Waals surface area contributed by atoms with Crippen molar-refractivity contribution in [1.29, 1.82) is 0 Å². The predicted molar refractivity (Wildman–Crippen MR) is 101 cm³/mol. The third-order valence-electron chi connectivity index (χ3n) is 3.82. The van der Waals surface area contributed by atoms with E-state index in [4.69, 9.17) is 21.7 Å². The molecule has 0 saturated heterocycles. The molecule has 3 aromatic rings. The number of aromatic nitrogens is 1. The molecule has 0 bridgehead atoms. The van der Waals surface area contributed by atoms with Crippen LogP contribution in [0.2, 0.25) is 0 Å². The number of benzene rings is 1. The van der Waals surface area contributed by atoms with E-state index >= 15 is 0 Å². The first kappa shape index (κ1) is 18.8. The van der Waals surface area contributed by atoms with E-state index < -0.39 is 10.9 Å². The summed E-state index contributed by atoms with van der Waals surface area (Å²) in [5.74, 6) is -0.0215. The Labute approximate surface area is 162 Å². The van der Waals surface area contributed by atoms with Crippen LogP contribution in [-0.4, -0.2) is 25.7 Å². The van der Waals surface area contributed by atoms with Gasteiger partial charge in [-0.1, -0.05) is 12.1 Å². The van der Waals surface area contributed by atoms with Gasteiger partial charge in [-0.2, -0.15) is 0 Å². The van der Waals surface area contributed by atoms with Crippen molar-refractivity contribution in [3.8, 4) is 17.2 Å². The zero-order valence-electron chi connectivity index (χ0n) is 13.8. The lowest BCUT2D eigenvalue weighted by atomic mass is 10.1. The Morgan fingerprint density at radius 3 is 2.81 bits per heavy atom. The second-order valence-corrected chi connectivity index (χ2v) is 7.39. The minimum absolute atomic E-state index is 0.0310. The molecule has 1 aromatic carbocycles. The SMILES string of the molecule is O=C(O)CCn1c(O)c(Cc2ccc(-c3cccc([N+](=O)[O-])c3)o2)sc1=S. The Morgan fingerprint density at radius 1 is 1.33 bits per heavy atom. The fourth-order valence-corrected chi connectivity index (χ4v) is 3.92. The number of nitro groups is 1. The second-order valence-electron chi connectivity index (χ2n) is 5.66. The van der Waals surface area contributed by atoms with Crippen molar-refractivity contribution >= 4 is 35.2 Å². The van der Waals surface area contributed by atoms with Gasteiger partial charge in [0.05, 0.1) is 16.2 Å². The van der Waals surface area contributed by atoms with Gasteiger partial charge in [0.2, 0.25) is 5.88 Å². The first-order valence-electron chi connectivity index (χ1n) is 7.82. The van der Waals surface area contributed by atoms with Crippen LogP contribution in [0, 0.1) is 14.1 Å². The van der Waals surface area contributed by atoms with Crippen LogP contribution < -0.4 is 0 Å². The maximum Gasteiger partial charge on any atom is 0.305 e. The van der Waals surface area contributed by atoms with Crippen LogP contribution >= 0.6 is 23.6 Å². The van der Waals surface area contributed by atoms with Crippen molar-refractivity contribution in [3.05, 3.63) is 61.1 Å². The molecule has 0 spiro atoms. The first-order chi connectivity index (χ1) is 12.8. The molecule has 0 saturated carbocycles.